The van der Waals surface area contributed by atoms with Crippen LogP contribution in [0.4, 0.5) is 0 Å². The van der Waals surface area contributed by atoms with Gasteiger partial charge in [-0.3, -0.25) is 9.59 Å². The largest absolute Gasteiger partial charge is 0.466 e. The van der Waals surface area contributed by atoms with E-state index in [0.717, 1.165) is 25.8 Å². The zero-order chi connectivity index (χ0) is 13.1. The number of carbonyl (C=O) groups is 2. The van der Waals surface area contributed by atoms with Crippen LogP contribution in [0.1, 0.15) is 46.0 Å². The van der Waals surface area contributed by atoms with E-state index in [1.807, 2.05) is 13.8 Å². The molecule has 0 rings (SSSR count). The lowest BCUT2D eigenvalue weighted by atomic mass is 10.2. The summed E-state index contributed by atoms with van der Waals surface area (Å²) in [6, 6.07) is 0.123. The molecule has 0 bridgehead atoms. The standard InChI is InChI=1S/C12H24N2O3/c1-3-17-12(16)7-5-4-6-8-14-10(2)9-11(13)15/h10,14H,3-9H2,1-2H3,(H2,13,15). The summed E-state index contributed by atoms with van der Waals surface area (Å²) in [4.78, 5) is 21.6. The first-order valence-corrected chi connectivity index (χ1v) is 6.23. The Morgan fingerprint density at radius 3 is 2.59 bits per heavy atom. The van der Waals surface area contributed by atoms with E-state index in [1.165, 1.54) is 0 Å². The van der Waals surface area contributed by atoms with E-state index in [-0.39, 0.29) is 17.9 Å². The number of esters is 1. The van der Waals surface area contributed by atoms with Crippen molar-refractivity contribution in [3.63, 3.8) is 0 Å². The summed E-state index contributed by atoms with van der Waals surface area (Å²) in [6.45, 7) is 5.04. The van der Waals surface area contributed by atoms with Crippen molar-refractivity contribution in [1.29, 1.82) is 0 Å². The average Bonchev–Trinajstić information content (AvgIpc) is 2.22. The van der Waals surface area contributed by atoms with Crippen LogP contribution in [0.3, 0.4) is 0 Å². The van der Waals surface area contributed by atoms with Gasteiger partial charge in [0.2, 0.25) is 5.91 Å². The van der Waals surface area contributed by atoms with E-state index < -0.39 is 0 Å². The number of hydrogen-bond acceptors (Lipinski definition) is 4. The Bertz CT molecular complexity index is 232. The summed E-state index contributed by atoms with van der Waals surface area (Å²) in [7, 11) is 0. The SMILES string of the molecule is CCOC(=O)CCCCCNC(C)CC(N)=O. The van der Waals surface area contributed by atoms with Crippen LogP contribution in [0.15, 0.2) is 0 Å². The molecule has 5 heteroatoms. The number of rotatable bonds is 10. The maximum atomic E-state index is 11.0. The van der Waals surface area contributed by atoms with E-state index in [4.69, 9.17) is 10.5 Å². The molecular weight excluding hydrogens is 220 g/mol. The fourth-order valence-corrected chi connectivity index (χ4v) is 1.53. The van der Waals surface area contributed by atoms with Crippen LogP contribution in [-0.4, -0.2) is 31.1 Å². The first-order valence-electron chi connectivity index (χ1n) is 6.23. The molecule has 0 fully saturated rings. The Kier molecular flexibility index (Phi) is 9.43. The maximum Gasteiger partial charge on any atom is 0.305 e. The summed E-state index contributed by atoms with van der Waals surface area (Å²) in [5.41, 5.74) is 5.08. The van der Waals surface area contributed by atoms with Crippen LogP contribution < -0.4 is 11.1 Å². The van der Waals surface area contributed by atoms with Crippen molar-refractivity contribution >= 4 is 11.9 Å². The lowest BCUT2D eigenvalue weighted by molar-refractivity contribution is -0.143. The van der Waals surface area contributed by atoms with E-state index in [0.29, 0.717) is 19.4 Å². The van der Waals surface area contributed by atoms with Crippen molar-refractivity contribution in [3.05, 3.63) is 0 Å². The number of amides is 1. The van der Waals surface area contributed by atoms with Gasteiger partial charge < -0.3 is 15.8 Å². The molecule has 0 aliphatic heterocycles. The number of ether oxygens (including phenoxy) is 1. The van der Waals surface area contributed by atoms with Gasteiger partial charge in [-0.15, -0.1) is 0 Å². The summed E-state index contributed by atoms with van der Waals surface area (Å²) in [5, 5.41) is 3.21. The molecule has 17 heavy (non-hydrogen) atoms. The highest BCUT2D eigenvalue weighted by molar-refractivity contribution is 5.74. The van der Waals surface area contributed by atoms with E-state index >= 15 is 0 Å². The van der Waals surface area contributed by atoms with Crippen LogP contribution in [0.2, 0.25) is 0 Å². The minimum absolute atomic E-state index is 0.123. The summed E-state index contributed by atoms with van der Waals surface area (Å²) in [5.74, 6) is -0.408. The Hall–Kier alpha value is -1.10. The molecule has 1 unspecified atom stereocenters. The zero-order valence-corrected chi connectivity index (χ0v) is 10.8. The monoisotopic (exact) mass is 244 g/mol. The molecule has 0 aliphatic carbocycles. The molecule has 0 heterocycles. The second kappa shape index (κ2) is 10.1. The van der Waals surface area contributed by atoms with Crippen LogP contribution >= 0.6 is 0 Å². The number of carbonyl (C=O) groups excluding carboxylic acids is 2. The molecule has 0 aliphatic rings. The van der Waals surface area contributed by atoms with Crippen molar-refractivity contribution in [1.82, 2.24) is 5.32 Å². The van der Waals surface area contributed by atoms with Crippen molar-refractivity contribution in [2.45, 2.75) is 52.0 Å². The molecule has 5 nitrogen and oxygen atoms in total. The summed E-state index contributed by atoms with van der Waals surface area (Å²) < 4.78 is 4.82. The molecule has 0 aromatic rings. The van der Waals surface area contributed by atoms with E-state index in [9.17, 15) is 9.59 Å². The molecule has 0 aromatic carbocycles. The highest BCUT2D eigenvalue weighted by Gasteiger charge is 2.04. The van der Waals surface area contributed by atoms with Crippen LogP contribution in [0.25, 0.3) is 0 Å². The number of hydrogen-bond donors (Lipinski definition) is 2. The van der Waals surface area contributed by atoms with Gasteiger partial charge >= 0.3 is 5.97 Å². The molecule has 3 N–H and O–H groups in total. The molecule has 1 atom stereocenters. The number of primary amides is 1. The van der Waals surface area contributed by atoms with Crippen molar-refractivity contribution in [2.24, 2.45) is 5.73 Å². The normalized spacial score (nSPS) is 12.1. The van der Waals surface area contributed by atoms with Crippen LogP contribution in [0, 0.1) is 0 Å². The Morgan fingerprint density at radius 1 is 1.29 bits per heavy atom. The molecular formula is C12H24N2O3. The Balaban J connectivity index is 3.29. The molecule has 0 aromatic heterocycles. The van der Waals surface area contributed by atoms with E-state index in [2.05, 4.69) is 5.32 Å². The van der Waals surface area contributed by atoms with Gasteiger partial charge in [0.15, 0.2) is 0 Å². The first-order chi connectivity index (χ1) is 8.06. The van der Waals surface area contributed by atoms with Gasteiger partial charge in [0, 0.05) is 18.9 Å². The molecule has 0 spiro atoms. The lowest BCUT2D eigenvalue weighted by Gasteiger charge is -2.11. The fraction of sp³-hybridized carbons (Fsp3) is 0.833. The fourth-order valence-electron chi connectivity index (χ4n) is 1.53. The minimum Gasteiger partial charge on any atom is -0.466 e. The molecule has 100 valence electrons. The quantitative estimate of drug-likeness (QED) is 0.443. The summed E-state index contributed by atoms with van der Waals surface area (Å²) in [6.07, 6.45) is 3.68. The smallest absolute Gasteiger partial charge is 0.305 e. The van der Waals surface area contributed by atoms with Crippen LogP contribution in [-0.2, 0) is 14.3 Å². The maximum absolute atomic E-state index is 11.0. The highest BCUT2D eigenvalue weighted by Crippen LogP contribution is 2.01. The molecule has 0 radical (unpaired) electrons. The van der Waals surface area contributed by atoms with Gasteiger partial charge in [-0.05, 0) is 33.2 Å². The zero-order valence-electron chi connectivity index (χ0n) is 10.8. The Labute approximate surface area is 103 Å². The van der Waals surface area contributed by atoms with Crippen molar-refractivity contribution in [2.75, 3.05) is 13.2 Å². The third-order valence-corrected chi connectivity index (χ3v) is 2.36. The Morgan fingerprint density at radius 2 is 2.00 bits per heavy atom. The second-order valence-corrected chi connectivity index (χ2v) is 4.14. The number of unbranched alkanes of at least 4 members (excludes halogenated alkanes) is 2. The highest BCUT2D eigenvalue weighted by atomic mass is 16.5. The number of nitrogens with one attached hydrogen (secondary N) is 1. The van der Waals surface area contributed by atoms with Gasteiger partial charge in [0.25, 0.3) is 0 Å². The lowest BCUT2D eigenvalue weighted by Crippen LogP contribution is -2.31. The second-order valence-electron chi connectivity index (χ2n) is 4.14. The van der Waals surface area contributed by atoms with Crippen molar-refractivity contribution in [3.8, 4) is 0 Å². The van der Waals surface area contributed by atoms with Gasteiger partial charge in [-0.25, -0.2) is 0 Å². The third-order valence-electron chi connectivity index (χ3n) is 2.36. The minimum atomic E-state index is -0.285. The predicted octanol–water partition coefficient (Wildman–Crippen LogP) is 0.963. The first kappa shape index (κ1) is 15.9. The molecule has 0 saturated carbocycles. The predicted molar refractivity (Wildman–Crippen MR) is 66.4 cm³/mol. The van der Waals surface area contributed by atoms with E-state index in [1.54, 1.807) is 0 Å². The van der Waals surface area contributed by atoms with Gasteiger partial charge in [0.1, 0.15) is 0 Å². The molecule has 0 saturated heterocycles. The number of nitrogens with two attached hydrogens (primary N) is 1. The average molecular weight is 244 g/mol. The van der Waals surface area contributed by atoms with Crippen LogP contribution in [0.5, 0.6) is 0 Å². The summed E-state index contributed by atoms with van der Waals surface area (Å²) >= 11 is 0. The third kappa shape index (κ3) is 11.2. The van der Waals surface area contributed by atoms with Gasteiger partial charge in [0.05, 0.1) is 6.61 Å². The molecule has 1 amide bonds. The topological polar surface area (TPSA) is 81.4 Å². The van der Waals surface area contributed by atoms with Crippen molar-refractivity contribution < 1.29 is 14.3 Å². The van der Waals surface area contributed by atoms with Gasteiger partial charge in [-0.2, -0.15) is 0 Å². The van der Waals surface area contributed by atoms with Gasteiger partial charge in [-0.1, -0.05) is 6.42 Å².